The number of amides is 1. The van der Waals surface area contributed by atoms with Gasteiger partial charge in [0.15, 0.2) is 5.11 Å². The molecule has 3 rings (SSSR count). The molecule has 1 unspecified atom stereocenters. The van der Waals surface area contributed by atoms with Crippen LogP contribution in [0.1, 0.15) is 22.5 Å². The molecular formula is C16H17ClN2O3S2. The van der Waals surface area contributed by atoms with Crippen LogP contribution in [-0.2, 0) is 4.74 Å². The Morgan fingerprint density at radius 2 is 2.38 bits per heavy atom. The summed E-state index contributed by atoms with van der Waals surface area (Å²) in [6.45, 7) is 1.38. The highest BCUT2D eigenvalue weighted by Crippen LogP contribution is 2.37. The van der Waals surface area contributed by atoms with Crippen molar-refractivity contribution >= 4 is 56.3 Å². The second-order valence-corrected chi connectivity index (χ2v) is 7.24. The number of methoxy groups -OCH3 is 1. The van der Waals surface area contributed by atoms with Crippen LogP contribution in [0.2, 0.25) is 5.02 Å². The molecule has 1 fully saturated rings. The molecule has 8 heteroatoms. The number of hydrogen-bond donors (Lipinski definition) is 2. The van der Waals surface area contributed by atoms with E-state index in [-0.39, 0.29) is 17.1 Å². The minimum atomic E-state index is -0.315. The van der Waals surface area contributed by atoms with Gasteiger partial charge < -0.3 is 14.8 Å². The molecule has 1 aromatic carbocycles. The van der Waals surface area contributed by atoms with Crippen molar-refractivity contribution in [1.29, 1.82) is 0 Å². The molecular weight excluding hydrogens is 368 g/mol. The molecule has 1 aromatic heterocycles. The van der Waals surface area contributed by atoms with Crippen molar-refractivity contribution in [3.8, 4) is 5.75 Å². The van der Waals surface area contributed by atoms with Crippen molar-refractivity contribution in [2.75, 3.05) is 20.3 Å². The van der Waals surface area contributed by atoms with Gasteiger partial charge in [-0.2, -0.15) is 0 Å². The van der Waals surface area contributed by atoms with Gasteiger partial charge in [0.25, 0.3) is 5.91 Å². The van der Waals surface area contributed by atoms with Crippen LogP contribution in [0.3, 0.4) is 0 Å². The predicted molar refractivity (Wildman–Crippen MR) is 100 cm³/mol. The van der Waals surface area contributed by atoms with Crippen LogP contribution in [0.25, 0.3) is 10.1 Å². The Bertz CT molecular complexity index is 772. The van der Waals surface area contributed by atoms with Crippen molar-refractivity contribution < 1.29 is 14.3 Å². The Kier molecular flexibility index (Phi) is 5.55. The first-order chi connectivity index (χ1) is 11.6. The summed E-state index contributed by atoms with van der Waals surface area (Å²) < 4.78 is 11.6. The molecule has 0 aliphatic carbocycles. The van der Waals surface area contributed by atoms with E-state index in [0.29, 0.717) is 16.4 Å². The zero-order valence-electron chi connectivity index (χ0n) is 13.1. The quantitative estimate of drug-likeness (QED) is 0.791. The lowest BCUT2D eigenvalue weighted by molar-refractivity contribution is 0.0977. The molecule has 0 spiro atoms. The lowest BCUT2D eigenvalue weighted by Crippen LogP contribution is -2.42. The van der Waals surface area contributed by atoms with Gasteiger partial charge >= 0.3 is 0 Å². The SMILES string of the molecule is COc1ccc2c(Cl)c(C(=O)NC(=S)NCC3CCCO3)sc2c1. The zero-order chi connectivity index (χ0) is 17.1. The second-order valence-electron chi connectivity index (χ2n) is 5.41. The molecule has 128 valence electrons. The van der Waals surface area contributed by atoms with Gasteiger partial charge in [-0.1, -0.05) is 11.6 Å². The number of hydrogen-bond acceptors (Lipinski definition) is 5. The molecule has 2 N–H and O–H groups in total. The lowest BCUT2D eigenvalue weighted by Gasteiger charge is -2.13. The van der Waals surface area contributed by atoms with Gasteiger partial charge in [0.1, 0.15) is 10.6 Å². The van der Waals surface area contributed by atoms with Crippen molar-refractivity contribution in [3.05, 3.63) is 28.1 Å². The molecule has 1 aliphatic heterocycles. The topological polar surface area (TPSA) is 59.6 Å². The van der Waals surface area contributed by atoms with Crippen LogP contribution in [0, 0.1) is 0 Å². The van der Waals surface area contributed by atoms with E-state index >= 15 is 0 Å². The van der Waals surface area contributed by atoms with Crippen molar-refractivity contribution in [3.63, 3.8) is 0 Å². The summed E-state index contributed by atoms with van der Waals surface area (Å²) in [5, 5.41) is 7.22. The van der Waals surface area contributed by atoms with E-state index in [9.17, 15) is 4.79 Å². The number of ether oxygens (including phenoxy) is 2. The molecule has 0 saturated carbocycles. The van der Waals surface area contributed by atoms with Crippen LogP contribution in [0.15, 0.2) is 18.2 Å². The van der Waals surface area contributed by atoms with Gasteiger partial charge in [-0.15, -0.1) is 11.3 Å². The van der Waals surface area contributed by atoms with Crippen molar-refractivity contribution in [2.24, 2.45) is 0 Å². The fraction of sp³-hybridized carbons (Fsp3) is 0.375. The van der Waals surface area contributed by atoms with E-state index < -0.39 is 0 Å². The lowest BCUT2D eigenvalue weighted by atomic mass is 10.2. The first kappa shape index (κ1) is 17.4. The molecule has 5 nitrogen and oxygen atoms in total. The largest absolute Gasteiger partial charge is 0.497 e. The molecule has 0 radical (unpaired) electrons. The maximum atomic E-state index is 12.4. The predicted octanol–water partition coefficient (Wildman–Crippen LogP) is 3.35. The molecule has 2 heterocycles. The van der Waals surface area contributed by atoms with Crippen molar-refractivity contribution in [2.45, 2.75) is 18.9 Å². The van der Waals surface area contributed by atoms with Gasteiger partial charge in [0.2, 0.25) is 0 Å². The zero-order valence-corrected chi connectivity index (χ0v) is 15.4. The van der Waals surface area contributed by atoms with Crippen molar-refractivity contribution in [1.82, 2.24) is 10.6 Å². The Labute approximate surface area is 154 Å². The number of thiophene rings is 1. The number of thiocarbonyl (C=S) groups is 1. The number of carbonyl (C=O) groups is 1. The number of nitrogens with one attached hydrogen (secondary N) is 2. The highest BCUT2D eigenvalue weighted by molar-refractivity contribution is 7.80. The molecule has 1 aliphatic rings. The molecule has 24 heavy (non-hydrogen) atoms. The Balaban J connectivity index is 1.66. The summed E-state index contributed by atoms with van der Waals surface area (Å²) in [5.74, 6) is 0.408. The van der Waals surface area contributed by atoms with Gasteiger partial charge in [-0.05, 0) is 43.3 Å². The highest BCUT2D eigenvalue weighted by Gasteiger charge is 2.19. The monoisotopic (exact) mass is 384 g/mol. The van der Waals surface area contributed by atoms with Gasteiger partial charge in [-0.3, -0.25) is 10.1 Å². The fourth-order valence-corrected chi connectivity index (χ4v) is 4.15. The van der Waals surface area contributed by atoms with E-state index in [1.165, 1.54) is 11.3 Å². The third-order valence-electron chi connectivity index (χ3n) is 3.78. The highest BCUT2D eigenvalue weighted by atomic mass is 35.5. The summed E-state index contributed by atoms with van der Waals surface area (Å²) in [5.41, 5.74) is 0. The third-order valence-corrected chi connectivity index (χ3v) is 5.69. The second kappa shape index (κ2) is 7.65. The number of rotatable bonds is 4. The number of halogens is 1. The number of benzene rings is 1. The summed E-state index contributed by atoms with van der Waals surface area (Å²) in [6.07, 6.45) is 2.22. The van der Waals surface area contributed by atoms with E-state index in [1.807, 2.05) is 18.2 Å². The number of carbonyl (C=O) groups excluding carboxylic acids is 1. The Morgan fingerprint density at radius 3 is 3.08 bits per heavy atom. The maximum absolute atomic E-state index is 12.4. The first-order valence-electron chi connectivity index (χ1n) is 7.55. The van der Waals surface area contributed by atoms with Crippen LogP contribution >= 0.6 is 35.2 Å². The number of fused-ring (bicyclic) bond motifs is 1. The average Bonchev–Trinajstić information content (AvgIpc) is 3.20. The van der Waals surface area contributed by atoms with Crippen LogP contribution in [-0.4, -0.2) is 37.4 Å². The Morgan fingerprint density at radius 1 is 1.54 bits per heavy atom. The summed E-state index contributed by atoms with van der Waals surface area (Å²) >= 11 is 12.8. The van der Waals surface area contributed by atoms with E-state index in [4.69, 9.17) is 33.3 Å². The maximum Gasteiger partial charge on any atom is 0.269 e. The fourth-order valence-electron chi connectivity index (χ4n) is 2.53. The smallest absolute Gasteiger partial charge is 0.269 e. The van der Waals surface area contributed by atoms with E-state index in [1.54, 1.807) is 7.11 Å². The first-order valence-corrected chi connectivity index (χ1v) is 9.15. The molecule has 1 atom stereocenters. The third kappa shape index (κ3) is 3.80. The van der Waals surface area contributed by atoms with E-state index in [0.717, 1.165) is 35.3 Å². The van der Waals surface area contributed by atoms with Gasteiger partial charge in [-0.25, -0.2) is 0 Å². The summed E-state index contributed by atoms with van der Waals surface area (Å²) in [4.78, 5) is 12.9. The summed E-state index contributed by atoms with van der Waals surface area (Å²) in [7, 11) is 1.60. The van der Waals surface area contributed by atoms with Gasteiger partial charge in [0, 0.05) is 23.2 Å². The van der Waals surface area contributed by atoms with Crippen LogP contribution < -0.4 is 15.4 Å². The van der Waals surface area contributed by atoms with Gasteiger partial charge in [0.05, 0.1) is 18.2 Å². The van der Waals surface area contributed by atoms with Crippen LogP contribution in [0.4, 0.5) is 0 Å². The minimum absolute atomic E-state index is 0.153. The summed E-state index contributed by atoms with van der Waals surface area (Å²) in [6, 6.07) is 5.52. The average molecular weight is 385 g/mol. The normalized spacial score (nSPS) is 17.0. The van der Waals surface area contributed by atoms with Crippen LogP contribution in [0.5, 0.6) is 5.75 Å². The molecule has 1 amide bonds. The molecule has 1 saturated heterocycles. The molecule has 2 aromatic rings. The minimum Gasteiger partial charge on any atom is -0.497 e. The van der Waals surface area contributed by atoms with E-state index in [2.05, 4.69) is 10.6 Å². The Hall–Kier alpha value is -1.41. The molecule has 0 bridgehead atoms. The standard InChI is InChI=1S/C16H17ClN2O3S2/c1-21-9-4-5-11-12(7-9)24-14(13(11)17)15(20)19-16(23)18-8-10-3-2-6-22-10/h4-5,7,10H,2-3,6,8H2,1H3,(H2,18,19,20,23).